The third kappa shape index (κ3) is 1.53. The lowest BCUT2D eigenvalue weighted by Crippen LogP contribution is -2.35. The maximum atomic E-state index is 10.7. The lowest BCUT2D eigenvalue weighted by Gasteiger charge is -2.22. The highest BCUT2D eigenvalue weighted by atomic mass is 35.5. The predicted molar refractivity (Wildman–Crippen MR) is 45.4 cm³/mol. The Balaban J connectivity index is 3.00. The van der Waals surface area contributed by atoms with Gasteiger partial charge in [-0.3, -0.25) is 0 Å². The fraction of sp³-hybridized carbons (Fsp3) is 0.286. The highest BCUT2D eigenvalue weighted by Gasteiger charge is 2.36. The first-order chi connectivity index (χ1) is 5.44. The van der Waals surface area contributed by atoms with E-state index in [1.807, 2.05) is 0 Å². The molecule has 66 valence electrons. The Morgan fingerprint density at radius 1 is 1.67 bits per heavy atom. The smallest absolute Gasteiger partial charge is 0.329 e. The maximum Gasteiger partial charge on any atom is 0.329 e. The van der Waals surface area contributed by atoms with Crippen LogP contribution in [0.4, 0.5) is 0 Å². The monoisotopic (exact) mass is 188 g/mol. The van der Waals surface area contributed by atoms with Crippen molar-refractivity contribution in [1.82, 2.24) is 0 Å². The van der Waals surface area contributed by atoms with Crippen molar-refractivity contribution in [1.29, 1.82) is 0 Å². The molecular weight excluding hydrogens is 180 g/mol. The first kappa shape index (κ1) is 8.93. The Hall–Kier alpha value is -1.16. The minimum atomic E-state index is -1.47. The normalized spacial score (nSPS) is 29.1. The molecule has 0 fully saturated rings. The highest BCUT2D eigenvalue weighted by Crippen LogP contribution is 2.29. The molecule has 0 radical (unpaired) electrons. The fourth-order valence-electron chi connectivity index (χ4n) is 1.06. The number of allylic oxidation sites excluding steroid dienone is 2. The molecule has 1 aliphatic rings. The Kier molecular flexibility index (Phi) is 2.02. The van der Waals surface area contributed by atoms with E-state index in [1.165, 1.54) is 12.2 Å². The molecule has 1 unspecified atom stereocenters. The number of carboxylic acids is 1. The topological polar surface area (TPSA) is 89.3 Å². The van der Waals surface area contributed by atoms with E-state index in [2.05, 4.69) is 0 Å². The lowest BCUT2D eigenvalue weighted by molar-refractivity contribution is -0.138. The summed E-state index contributed by atoms with van der Waals surface area (Å²) >= 11 is 5.72. The second-order valence-corrected chi connectivity index (χ2v) is 3.38. The van der Waals surface area contributed by atoms with Crippen LogP contribution in [-0.4, -0.2) is 16.0 Å². The van der Waals surface area contributed by atoms with E-state index < -0.39 is 10.8 Å². The van der Waals surface area contributed by atoms with Crippen LogP contribution in [-0.2, 0) is 4.79 Å². The van der Waals surface area contributed by atoms with E-state index in [0.717, 1.165) is 0 Å². The van der Waals surface area contributed by atoms with Gasteiger partial charge >= 0.3 is 5.97 Å². The Bertz CT molecular complexity index is 285. The van der Waals surface area contributed by atoms with Crippen LogP contribution in [0.2, 0.25) is 0 Å². The zero-order chi connectivity index (χ0) is 9.35. The van der Waals surface area contributed by atoms with Crippen molar-refractivity contribution in [2.75, 3.05) is 0 Å². The summed E-state index contributed by atoms with van der Waals surface area (Å²) in [6.07, 6.45) is 2.88. The van der Waals surface area contributed by atoms with Crippen molar-refractivity contribution < 1.29 is 9.90 Å². The van der Waals surface area contributed by atoms with Gasteiger partial charge in [0, 0.05) is 17.8 Å². The van der Waals surface area contributed by atoms with Crippen LogP contribution >= 0.6 is 11.6 Å². The summed E-state index contributed by atoms with van der Waals surface area (Å²) in [5.41, 5.74) is 11.5. The molecule has 0 aliphatic heterocycles. The number of nitrogens with two attached hydrogens (primary N) is 2. The number of hydrogen-bond donors (Lipinski definition) is 3. The van der Waals surface area contributed by atoms with Crippen LogP contribution in [0.1, 0.15) is 6.42 Å². The maximum absolute atomic E-state index is 10.7. The van der Waals surface area contributed by atoms with Gasteiger partial charge in [0.05, 0.1) is 0 Å². The van der Waals surface area contributed by atoms with Gasteiger partial charge in [0.15, 0.2) is 4.87 Å². The van der Waals surface area contributed by atoms with E-state index in [9.17, 15) is 4.79 Å². The highest BCUT2D eigenvalue weighted by molar-refractivity contribution is 6.35. The average molecular weight is 189 g/mol. The van der Waals surface area contributed by atoms with Gasteiger partial charge in [0.2, 0.25) is 0 Å². The lowest BCUT2D eigenvalue weighted by atomic mass is 9.96. The van der Waals surface area contributed by atoms with Crippen molar-refractivity contribution in [3.8, 4) is 0 Å². The molecular formula is C7H9ClN2O2. The van der Waals surface area contributed by atoms with Gasteiger partial charge in [0.25, 0.3) is 0 Å². The molecule has 0 heterocycles. The van der Waals surface area contributed by atoms with E-state index in [-0.39, 0.29) is 12.1 Å². The molecule has 4 nitrogen and oxygen atoms in total. The summed E-state index contributed by atoms with van der Waals surface area (Å²) in [5.74, 6) is -1.14. The van der Waals surface area contributed by atoms with Crippen LogP contribution in [0.15, 0.2) is 23.5 Å². The number of carbonyl (C=O) groups is 1. The minimum absolute atomic E-state index is 0.0879. The third-order valence-corrected chi connectivity index (χ3v) is 1.97. The second-order valence-electron chi connectivity index (χ2n) is 2.71. The van der Waals surface area contributed by atoms with Gasteiger partial charge in [0.1, 0.15) is 0 Å². The van der Waals surface area contributed by atoms with Gasteiger partial charge in [-0.2, -0.15) is 0 Å². The largest absolute Gasteiger partial charge is 0.480 e. The number of alkyl halides is 1. The first-order valence-electron chi connectivity index (χ1n) is 3.31. The van der Waals surface area contributed by atoms with Gasteiger partial charge in [-0.05, 0) is 12.2 Å². The Morgan fingerprint density at radius 3 is 2.67 bits per heavy atom. The van der Waals surface area contributed by atoms with Gasteiger partial charge in [-0.25, -0.2) is 4.79 Å². The van der Waals surface area contributed by atoms with Gasteiger partial charge in [-0.1, -0.05) is 0 Å². The number of carboxylic acid groups (broad SMARTS) is 1. The molecule has 1 rings (SSSR count). The molecule has 0 aromatic heterocycles. The third-order valence-electron chi connectivity index (χ3n) is 1.56. The Morgan fingerprint density at radius 2 is 2.25 bits per heavy atom. The minimum Gasteiger partial charge on any atom is -0.480 e. The Labute approximate surface area is 74.5 Å². The van der Waals surface area contributed by atoms with E-state index >= 15 is 0 Å². The predicted octanol–water partition coefficient (Wildman–Crippen LogP) is 0.138. The van der Waals surface area contributed by atoms with E-state index in [0.29, 0.717) is 5.70 Å². The van der Waals surface area contributed by atoms with E-state index in [4.69, 9.17) is 28.2 Å². The quantitative estimate of drug-likeness (QED) is 0.511. The molecule has 0 amide bonds. The van der Waals surface area contributed by atoms with Crippen LogP contribution in [0.5, 0.6) is 0 Å². The molecule has 1 atom stereocenters. The number of hydrogen-bond acceptors (Lipinski definition) is 3. The van der Waals surface area contributed by atoms with Crippen molar-refractivity contribution in [3.63, 3.8) is 0 Å². The molecule has 0 saturated carbocycles. The number of aliphatic carboxylic acids is 1. The van der Waals surface area contributed by atoms with Crippen molar-refractivity contribution in [3.05, 3.63) is 23.5 Å². The van der Waals surface area contributed by atoms with E-state index in [1.54, 1.807) is 0 Å². The molecule has 0 bridgehead atoms. The average Bonchev–Trinajstić information content (AvgIpc) is 1.82. The summed E-state index contributed by atoms with van der Waals surface area (Å²) in [7, 11) is 0. The molecule has 12 heavy (non-hydrogen) atoms. The zero-order valence-corrected chi connectivity index (χ0v) is 7.01. The SMILES string of the molecule is NC1=CC(Cl)(C(=O)O)CC(N)=C1. The number of halogens is 1. The van der Waals surface area contributed by atoms with Crippen LogP contribution in [0.25, 0.3) is 0 Å². The van der Waals surface area contributed by atoms with Crippen molar-refractivity contribution in [2.24, 2.45) is 11.5 Å². The summed E-state index contributed by atoms with van der Waals surface area (Å²) < 4.78 is 0. The number of rotatable bonds is 1. The molecule has 0 saturated heterocycles. The molecule has 0 spiro atoms. The molecule has 1 aliphatic carbocycles. The summed E-state index contributed by atoms with van der Waals surface area (Å²) in [5, 5.41) is 8.72. The molecule has 0 aromatic rings. The summed E-state index contributed by atoms with van der Waals surface area (Å²) in [6, 6.07) is 0. The summed E-state index contributed by atoms with van der Waals surface area (Å²) in [4.78, 5) is 9.18. The van der Waals surface area contributed by atoms with Gasteiger partial charge in [-0.15, -0.1) is 11.6 Å². The second kappa shape index (κ2) is 2.71. The van der Waals surface area contributed by atoms with Crippen molar-refractivity contribution in [2.45, 2.75) is 11.3 Å². The summed E-state index contributed by atoms with van der Waals surface area (Å²) in [6.45, 7) is 0. The van der Waals surface area contributed by atoms with Crippen LogP contribution in [0, 0.1) is 0 Å². The van der Waals surface area contributed by atoms with Crippen molar-refractivity contribution >= 4 is 17.6 Å². The zero-order valence-electron chi connectivity index (χ0n) is 6.25. The first-order valence-corrected chi connectivity index (χ1v) is 3.68. The molecule has 0 aromatic carbocycles. The van der Waals surface area contributed by atoms with Gasteiger partial charge < -0.3 is 16.6 Å². The molecule has 5 N–H and O–H groups in total. The van der Waals surface area contributed by atoms with Crippen LogP contribution < -0.4 is 11.5 Å². The standard InChI is InChI=1S/C7H9ClN2O2/c8-7(6(11)12)2-4(9)1-5(10)3-7/h1-2H,3,9-10H2,(H,11,12). The molecule has 5 heteroatoms. The fourth-order valence-corrected chi connectivity index (χ4v) is 1.34. The van der Waals surface area contributed by atoms with Crippen LogP contribution in [0.3, 0.4) is 0 Å².